The fourth-order valence-electron chi connectivity index (χ4n) is 3.31. The second-order valence-electron chi connectivity index (χ2n) is 6.66. The molecule has 29 heavy (non-hydrogen) atoms. The maximum absolute atomic E-state index is 13.1. The number of rotatable bonds is 4. The third-order valence-corrected chi connectivity index (χ3v) is 6.00. The maximum atomic E-state index is 13.1. The summed E-state index contributed by atoms with van der Waals surface area (Å²) in [5, 5.41) is 4.66. The minimum absolute atomic E-state index is 0.100. The van der Waals surface area contributed by atoms with Crippen molar-refractivity contribution in [1.29, 1.82) is 0 Å². The SMILES string of the molecule is Cc1c(-c2ccccc2)sc2ncn(Cc3noc(-c4ccccc4)n3)c(=O)c12. The molecule has 3 heterocycles. The van der Waals surface area contributed by atoms with E-state index in [0.29, 0.717) is 17.1 Å². The summed E-state index contributed by atoms with van der Waals surface area (Å²) in [6, 6.07) is 19.6. The number of benzene rings is 2. The molecule has 2 aromatic carbocycles. The van der Waals surface area contributed by atoms with Crippen LogP contribution in [0.25, 0.3) is 32.1 Å². The quantitative estimate of drug-likeness (QED) is 0.443. The molecule has 0 aliphatic heterocycles. The van der Waals surface area contributed by atoms with Gasteiger partial charge in [-0.2, -0.15) is 4.98 Å². The molecule has 6 nitrogen and oxygen atoms in total. The lowest BCUT2D eigenvalue weighted by atomic mass is 10.1. The van der Waals surface area contributed by atoms with E-state index < -0.39 is 0 Å². The Morgan fingerprint density at radius 2 is 1.69 bits per heavy atom. The molecule has 0 aliphatic carbocycles. The highest BCUT2D eigenvalue weighted by atomic mass is 32.1. The highest BCUT2D eigenvalue weighted by molar-refractivity contribution is 7.22. The molecule has 7 heteroatoms. The van der Waals surface area contributed by atoms with E-state index in [0.717, 1.165) is 26.4 Å². The van der Waals surface area contributed by atoms with Crippen molar-refractivity contribution in [2.75, 3.05) is 0 Å². The first kappa shape index (κ1) is 17.5. The van der Waals surface area contributed by atoms with Crippen LogP contribution in [0.15, 0.2) is 76.3 Å². The summed E-state index contributed by atoms with van der Waals surface area (Å²) in [5.41, 5.74) is 2.77. The molecule has 0 unspecified atom stereocenters. The molecular weight excluding hydrogens is 384 g/mol. The number of aryl methyl sites for hydroxylation is 1. The summed E-state index contributed by atoms with van der Waals surface area (Å²) in [7, 11) is 0. The average molecular weight is 400 g/mol. The van der Waals surface area contributed by atoms with Crippen molar-refractivity contribution in [2.24, 2.45) is 0 Å². The Hall–Kier alpha value is -3.58. The number of hydrogen-bond acceptors (Lipinski definition) is 6. The van der Waals surface area contributed by atoms with Crippen LogP contribution in [0.4, 0.5) is 0 Å². The van der Waals surface area contributed by atoms with Gasteiger partial charge in [-0.1, -0.05) is 53.7 Å². The number of aromatic nitrogens is 4. The van der Waals surface area contributed by atoms with E-state index >= 15 is 0 Å². The van der Waals surface area contributed by atoms with Gasteiger partial charge in [-0.3, -0.25) is 9.36 Å². The van der Waals surface area contributed by atoms with Crippen LogP contribution < -0.4 is 5.56 Å². The molecule has 0 saturated carbocycles. The predicted octanol–water partition coefficient (Wildman–Crippen LogP) is 4.53. The first-order valence-electron chi connectivity index (χ1n) is 9.12. The van der Waals surface area contributed by atoms with E-state index in [1.807, 2.05) is 67.6 Å². The van der Waals surface area contributed by atoms with Crippen LogP contribution in [0, 0.1) is 6.92 Å². The zero-order valence-electron chi connectivity index (χ0n) is 15.6. The Kier molecular flexibility index (Phi) is 4.29. The second-order valence-corrected chi connectivity index (χ2v) is 7.66. The fourth-order valence-corrected chi connectivity index (χ4v) is 4.45. The predicted molar refractivity (Wildman–Crippen MR) is 113 cm³/mol. The molecule has 142 valence electrons. The number of thiophene rings is 1. The Labute approximate surface area is 170 Å². The average Bonchev–Trinajstić information content (AvgIpc) is 3.36. The summed E-state index contributed by atoms with van der Waals surface area (Å²) < 4.78 is 6.87. The van der Waals surface area contributed by atoms with Crippen LogP contribution in [0.3, 0.4) is 0 Å². The lowest BCUT2D eigenvalue weighted by Crippen LogP contribution is -2.21. The highest BCUT2D eigenvalue weighted by Gasteiger charge is 2.17. The second kappa shape index (κ2) is 7.10. The van der Waals surface area contributed by atoms with E-state index in [1.54, 1.807) is 6.33 Å². The fraction of sp³-hybridized carbons (Fsp3) is 0.0909. The maximum Gasteiger partial charge on any atom is 0.262 e. The molecule has 0 aliphatic rings. The van der Waals surface area contributed by atoms with Gasteiger partial charge in [0.1, 0.15) is 4.83 Å². The van der Waals surface area contributed by atoms with Crippen molar-refractivity contribution in [1.82, 2.24) is 19.7 Å². The van der Waals surface area contributed by atoms with Gasteiger partial charge in [0.2, 0.25) is 0 Å². The number of fused-ring (bicyclic) bond motifs is 1. The van der Waals surface area contributed by atoms with Crippen LogP contribution >= 0.6 is 11.3 Å². The van der Waals surface area contributed by atoms with Crippen LogP contribution in [0.5, 0.6) is 0 Å². The summed E-state index contributed by atoms with van der Waals surface area (Å²) in [5.74, 6) is 0.865. The summed E-state index contributed by atoms with van der Waals surface area (Å²) in [6.45, 7) is 2.17. The van der Waals surface area contributed by atoms with Crippen LogP contribution in [0.1, 0.15) is 11.4 Å². The zero-order chi connectivity index (χ0) is 19.8. The Balaban J connectivity index is 1.52. The minimum Gasteiger partial charge on any atom is -0.334 e. The van der Waals surface area contributed by atoms with Gasteiger partial charge in [0, 0.05) is 10.4 Å². The molecular formula is C22H16N4O2S. The van der Waals surface area contributed by atoms with Gasteiger partial charge < -0.3 is 4.52 Å². The lowest BCUT2D eigenvalue weighted by Gasteiger charge is -2.02. The molecule has 0 spiro atoms. The van der Waals surface area contributed by atoms with E-state index in [2.05, 4.69) is 15.1 Å². The molecule has 5 aromatic rings. The first-order valence-corrected chi connectivity index (χ1v) is 9.94. The molecule has 0 saturated heterocycles. The first-order chi connectivity index (χ1) is 14.2. The monoisotopic (exact) mass is 400 g/mol. The smallest absolute Gasteiger partial charge is 0.262 e. The molecule has 0 radical (unpaired) electrons. The van der Waals surface area contributed by atoms with Gasteiger partial charge in [0.05, 0.1) is 18.3 Å². The van der Waals surface area contributed by atoms with Crippen molar-refractivity contribution in [2.45, 2.75) is 13.5 Å². The van der Waals surface area contributed by atoms with E-state index in [4.69, 9.17) is 4.52 Å². The van der Waals surface area contributed by atoms with E-state index in [1.165, 1.54) is 15.9 Å². The highest BCUT2D eigenvalue weighted by Crippen LogP contribution is 2.35. The minimum atomic E-state index is -0.100. The van der Waals surface area contributed by atoms with Gasteiger partial charge in [-0.05, 0) is 30.2 Å². The summed E-state index contributed by atoms with van der Waals surface area (Å²) in [6.07, 6.45) is 1.55. The van der Waals surface area contributed by atoms with Crippen LogP contribution in [0.2, 0.25) is 0 Å². The largest absolute Gasteiger partial charge is 0.334 e. The molecule has 5 rings (SSSR count). The third-order valence-electron chi connectivity index (χ3n) is 4.75. The molecule has 3 aromatic heterocycles. The van der Waals surface area contributed by atoms with Crippen molar-refractivity contribution in [3.05, 3.63) is 88.7 Å². The van der Waals surface area contributed by atoms with Gasteiger partial charge in [-0.25, -0.2) is 4.98 Å². The molecule has 0 N–H and O–H groups in total. The number of hydrogen-bond donors (Lipinski definition) is 0. The Morgan fingerprint density at radius 3 is 2.41 bits per heavy atom. The summed E-state index contributed by atoms with van der Waals surface area (Å²) in [4.78, 5) is 23.8. The number of nitrogens with zero attached hydrogens (tertiary/aromatic N) is 4. The molecule has 0 amide bonds. The van der Waals surface area contributed by atoms with Gasteiger partial charge in [0.15, 0.2) is 5.82 Å². The molecule has 0 atom stereocenters. The van der Waals surface area contributed by atoms with Gasteiger partial charge >= 0.3 is 0 Å². The zero-order valence-corrected chi connectivity index (χ0v) is 16.4. The van der Waals surface area contributed by atoms with E-state index in [-0.39, 0.29) is 12.1 Å². The summed E-state index contributed by atoms with van der Waals surface area (Å²) >= 11 is 1.53. The Morgan fingerprint density at radius 1 is 1.00 bits per heavy atom. The van der Waals surface area contributed by atoms with Gasteiger partial charge in [0.25, 0.3) is 11.4 Å². The van der Waals surface area contributed by atoms with Crippen molar-refractivity contribution < 1.29 is 4.52 Å². The van der Waals surface area contributed by atoms with Crippen LogP contribution in [-0.4, -0.2) is 19.7 Å². The lowest BCUT2D eigenvalue weighted by molar-refractivity contribution is 0.420. The normalized spacial score (nSPS) is 11.2. The van der Waals surface area contributed by atoms with Crippen LogP contribution in [-0.2, 0) is 6.54 Å². The Bertz CT molecular complexity index is 1350. The van der Waals surface area contributed by atoms with Crippen molar-refractivity contribution in [3.8, 4) is 21.9 Å². The molecule has 0 fully saturated rings. The van der Waals surface area contributed by atoms with E-state index in [9.17, 15) is 4.79 Å². The van der Waals surface area contributed by atoms with Crippen molar-refractivity contribution in [3.63, 3.8) is 0 Å². The standard InChI is InChI=1S/C22H16N4O2S/c1-14-18-21(29-19(14)15-8-4-2-5-9-15)23-13-26(22(18)27)12-17-24-20(28-25-17)16-10-6-3-7-11-16/h2-11,13H,12H2,1H3. The van der Waals surface area contributed by atoms with Gasteiger partial charge in [-0.15, -0.1) is 11.3 Å². The molecule has 0 bridgehead atoms. The topological polar surface area (TPSA) is 73.8 Å². The third kappa shape index (κ3) is 3.15. The van der Waals surface area contributed by atoms with Crippen molar-refractivity contribution >= 4 is 21.6 Å².